The number of pyridine rings is 1. The third-order valence-corrected chi connectivity index (χ3v) is 4.63. The van der Waals surface area contributed by atoms with Gasteiger partial charge in [-0.2, -0.15) is 0 Å². The van der Waals surface area contributed by atoms with E-state index in [0.29, 0.717) is 11.4 Å². The molecular formula is C20H15Cl2FN2O4. The van der Waals surface area contributed by atoms with Crippen LogP contribution in [0.4, 0.5) is 4.39 Å². The number of carbonyl (C=O) groups excluding carboxylic acids is 2. The predicted molar refractivity (Wildman–Crippen MR) is 105 cm³/mol. The average molecular weight is 437 g/mol. The highest BCUT2D eigenvalue weighted by molar-refractivity contribution is 6.37. The highest BCUT2D eigenvalue weighted by Crippen LogP contribution is 2.28. The summed E-state index contributed by atoms with van der Waals surface area (Å²) in [6.07, 6.45) is 2.84. The number of benzene rings is 1. The molecule has 0 aliphatic rings. The Bertz CT molecular complexity index is 1050. The van der Waals surface area contributed by atoms with E-state index >= 15 is 0 Å². The summed E-state index contributed by atoms with van der Waals surface area (Å²) in [4.78, 5) is 31.9. The molecule has 9 heteroatoms. The van der Waals surface area contributed by atoms with Crippen LogP contribution < -0.4 is 4.74 Å². The molecule has 2 N–H and O–H groups in total. The van der Waals surface area contributed by atoms with Crippen molar-refractivity contribution < 1.29 is 23.8 Å². The van der Waals surface area contributed by atoms with Crippen LogP contribution in [0.5, 0.6) is 5.88 Å². The van der Waals surface area contributed by atoms with E-state index in [9.17, 15) is 14.0 Å². The second kappa shape index (κ2) is 9.17. The quantitative estimate of drug-likeness (QED) is 0.412. The van der Waals surface area contributed by atoms with Crippen LogP contribution in [0.3, 0.4) is 0 Å². The first-order chi connectivity index (χ1) is 13.9. The molecule has 0 radical (unpaired) electrons. The topological polar surface area (TPSA) is 92.3 Å². The second-order valence-electron chi connectivity index (χ2n) is 6.03. The van der Waals surface area contributed by atoms with E-state index in [2.05, 4.69) is 9.97 Å². The Balaban J connectivity index is 1.73. The number of H-pyrrole nitrogens is 1. The lowest BCUT2D eigenvalue weighted by atomic mass is 10.0. The average Bonchev–Trinajstić information content (AvgIpc) is 3.21. The molecule has 0 aliphatic heterocycles. The molecule has 0 aliphatic carbocycles. The molecule has 0 saturated heterocycles. The summed E-state index contributed by atoms with van der Waals surface area (Å²) < 4.78 is 19.4. The number of carbonyl (C=O) groups is 2. The highest BCUT2D eigenvalue weighted by Gasteiger charge is 2.22. The summed E-state index contributed by atoms with van der Waals surface area (Å²) in [5.74, 6) is -1.54. The van der Waals surface area contributed by atoms with Crippen LogP contribution in [0, 0.1) is 5.82 Å². The monoisotopic (exact) mass is 436 g/mol. The number of aliphatic hydroxyl groups is 1. The number of aromatic nitrogens is 2. The molecule has 29 heavy (non-hydrogen) atoms. The van der Waals surface area contributed by atoms with E-state index in [1.54, 1.807) is 12.1 Å². The third-order valence-electron chi connectivity index (χ3n) is 4.02. The Morgan fingerprint density at radius 1 is 1.17 bits per heavy atom. The largest absolute Gasteiger partial charge is 0.475 e. The van der Waals surface area contributed by atoms with E-state index in [-0.39, 0.29) is 52.3 Å². The molecule has 6 nitrogen and oxygen atoms in total. The molecule has 3 aromatic rings. The van der Waals surface area contributed by atoms with E-state index in [0.717, 1.165) is 0 Å². The van der Waals surface area contributed by atoms with Gasteiger partial charge in [-0.25, -0.2) is 9.37 Å². The zero-order valence-corrected chi connectivity index (χ0v) is 16.4. The lowest BCUT2D eigenvalue weighted by molar-refractivity contribution is 0.0988. The third kappa shape index (κ3) is 4.82. The van der Waals surface area contributed by atoms with Crippen molar-refractivity contribution in [2.45, 2.75) is 6.42 Å². The number of Topliss-reactive ketones (excluding diaryl/α,β-unsaturated/α-hetero) is 1. The van der Waals surface area contributed by atoms with Gasteiger partial charge in [0, 0.05) is 30.4 Å². The molecule has 2 heterocycles. The van der Waals surface area contributed by atoms with Gasteiger partial charge in [-0.15, -0.1) is 0 Å². The van der Waals surface area contributed by atoms with E-state index in [1.165, 1.54) is 30.6 Å². The van der Waals surface area contributed by atoms with E-state index in [1.807, 2.05) is 0 Å². The number of aliphatic hydroxyl groups excluding tert-OH is 1. The smallest absolute Gasteiger partial charge is 0.213 e. The first-order valence-corrected chi connectivity index (χ1v) is 9.24. The number of nitrogens with zero attached hydrogens (tertiary/aromatic N) is 1. The molecule has 0 fully saturated rings. The summed E-state index contributed by atoms with van der Waals surface area (Å²) in [5, 5.41) is 8.44. The lowest BCUT2D eigenvalue weighted by Crippen LogP contribution is -2.06. The molecule has 0 spiro atoms. The normalized spacial score (nSPS) is 10.8. The van der Waals surface area contributed by atoms with Gasteiger partial charge in [-0.3, -0.25) is 9.59 Å². The van der Waals surface area contributed by atoms with Crippen molar-refractivity contribution in [1.82, 2.24) is 9.97 Å². The fourth-order valence-electron chi connectivity index (χ4n) is 2.60. The zero-order chi connectivity index (χ0) is 21.0. The fourth-order valence-corrected chi connectivity index (χ4v) is 2.99. The molecule has 0 unspecified atom stereocenters. The highest BCUT2D eigenvalue weighted by atomic mass is 35.5. The van der Waals surface area contributed by atoms with E-state index in [4.69, 9.17) is 33.0 Å². The fraction of sp³-hybridized carbons (Fsp3) is 0.150. The van der Waals surface area contributed by atoms with Gasteiger partial charge in [0.15, 0.2) is 17.4 Å². The SMILES string of the molecule is O=C(Cc1ccc(OCCO)nc1)c1cc(C(=O)c2c(Cl)ccc(Cl)c2F)c[nH]1. The summed E-state index contributed by atoms with van der Waals surface area (Å²) >= 11 is 11.7. The lowest BCUT2D eigenvalue weighted by Gasteiger charge is -2.05. The van der Waals surface area contributed by atoms with Crippen molar-refractivity contribution in [3.05, 3.63) is 81.0 Å². The first kappa shape index (κ1) is 21.0. The predicted octanol–water partition coefficient (Wildman–Crippen LogP) is 3.88. The number of ketones is 2. The van der Waals surface area contributed by atoms with Gasteiger partial charge in [0.2, 0.25) is 5.88 Å². The van der Waals surface area contributed by atoms with Gasteiger partial charge in [-0.05, 0) is 23.8 Å². The standard InChI is InChI=1S/C20H15Cl2FN2O4/c21-13-2-3-14(22)19(23)18(13)20(28)12-8-15(24-10-12)16(27)7-11-1-4-17(25-9-11)29-6-5-26/h1-4,8-10,24,26H,5-7H2. The second-order valence-corrected chi connectivity index (χ2v) is 6.84. The Labute approximate surface area is 175 Å². The molecule has 0 bridgehead atoms. The van der Waals surface area contributed by atoms with Crippen molar-refractivity contribution in [2.24, 2.45) is 0 Å². The molecule has 0 amide bonds. The zero-order valence-electron chi connectivity index (χ0n) is 14.9. The van der Waals surface area contributed by atoms with Crippen LogP contribution >= 0.6 is 23.2 Å². The molecule has 2 aromatic heterocycles. The number of nitrogens with one attached hydrogen (secondary N) is 1. The number of ether oxygens (including phenoxy) is 1. The van der Waals surface area contributed by atoms with Crippen LogP contribution in [0.25, 0.3) is 0 Å². The Morgan fingerprint density at radius 3 is 2.62 bits per heavy atom. The summed E-state index contributed by atoms with van der Waals surface area (Å²) in [7, 11) is 0. The molecule has 0 saturated carbocycles. The summed E-state index contributed by atoms with van der Waals surface area (Å²) in [6.45, 7) is 0.00187. The molecule has 3 rings (SSSR count). The van der Waals surface area contributed by atoms with Crippen molar-refractivity contribution >= 4 is 34.8 Å². The number of halogens is 3. The minimum atomic E-state index is -0.909. The Kier molecular flexibility index (Phi) is 6.64. The van der Waals surface area contributed by atoms with Gasteiger partial charge in [-0.1, -0.05) is 29.3 Å². The van der Waals surface area contributed by atoms with Gasteiger partial charge in [0.1, 0.15) is 6.61 Å². The van der Waals surface area contributed by atoms with Gasteiger partial charge >= 0.3 is 0 Å². The number of hydrogen-bond acceptors (Lipinski definition) is 5. The molecular weight excluding hydrogens is 422 g/mol. The van der Waals surface area contributed by atoms with Crippen LogP contribution in [0.15, 0.2) is 42.7 Å². The Morgan fingerprint density at radius 2 is 1.93 bits per heavy atom. The molecule has 1 aromatic carbocycles. The van der Waals surface area contributed by atoms with Crippen molar-refractivity contribution in [3.8, 4) is 5.88 Å². The first-order valence-electron chi connectivity index (χ1n) is 8.49. The van der Waals surface area contributed by atoms with Crippen molar-refractivity contribution in [1.29, 1.82) is 0 Å². The summed E-state index contributed by atoms with van der Waals surface area (Å²) in [5.41, 5.74) is 0.562. The van der Waals surface area contributed by atoms with Crippen LogP contribution in [-0.4, -0.2) is 39.9 Å². The maximum Gasteiger partial charge on any atom is 0.213 e. The maximum atomic E-state index is 14.2. The molecule has 150 valence electrons. The molecule has 0 atom stereocenters. The number of aromatic amines is 1. The minimum absolute atomic E-state index is 0.0354. The minimum Gasteiger partial charge on any atom is -0.475 e. The van der Waals surface area contributed by atoms with Crippen molar-refractivity contribution in [3.63, 3.8) is 0 Å². The number of hydrogen-bond donors (Lipinski definition) is 2. The van der Waals surface area contributed by atoms with Gasteiger partial charge in [0.25, 0.3) is 0 Å². The van der Waals surface area contributed by atoms with Crippen LogP contribution in [0.1, 0.15) is 32.0 Å². The van der Waals surface area contributed by atoms with Gasteiger partial charge in [0.05, 0.1) is 27.9 Å². The number of rotatable bonds is 8. The maximum absolute atomic E-state index is 14.2. The van der Waals surface area contributed by atoms with E-state index < -0.39 is 11.6 Å². The summed E-state index contributed by atoms with van der Waals surface area (Å²) in [6, 6.07) is 7.20. The Hall–Kier alpha value is -2.74. The van der Waals surface area contributed by atoms with Crippen LogP contribution in [-0.2, 0) is 6.42 Å². The van der Waals surface area contributed by atoms with Gasteiger partial charge < -0.3 is 14.8 Å². The van der Waals surface area contributed by atoms with Crippen LogP contribution in [0.2, 0.25) is 10.0 Å². The van der Waals surface area contributed by atoms with Crippen molar-refractivity contribution in [2.75, 3.05) is 13.2 Å².